The third-order valence-electron chi connectivity index (χ3n) is 6.46. The second kappa shape index (κ2) is 9.35. The summed E-state index contributed by atoms with van der Waals surface area (Å²) >= 11 is 0. The number of methoxy groups -OCH3 is 1. The Balaban J connectivity index is 1.42. The number of esters is 1. The Morgan fingerprint density at radius 1 is 1.11 bits per heavy atom. The van der Waals surface area contributed by atoms with E-state index in [2.05, 4.69) is 0 Å². The van der Waals surface area contributed by atoms with Crippen molar-refractivity contribution in [2.45, 2.75) is 13.3 Å². The van der Waals surface area contributed by atoms with E-state index in [1.807, 2.05) is 73.7 Å². The first kappa shape index (κ1) is 22.8. The zero-order valence-electron chi connectivity index (χ0n) is 19.7. The van der Waals surface area contributed by atoms with Crippen LogP contribution in [-0.2, 0) is 4.74 Å². The molecule has 3 aromatic rings. The normalized spacial score (nSPS) is 14.4. The molecule has 0 fully saturated rings. The van der Waals surface area contributed by atoms with Gasteiger partial charge in [-0.25, -0.2) is 13.6 Å². The van der Waals surface area contributed by atoms with Crippen LogP contribution in [0.25, 0.3) is 28.9 Å². The van der Waals surface area contributed by atoms with Crippen LogP contribution >= 0.6 is 0 Å². The summed E-state index contributed by atoms with van der Waals surface area (Å²) in [5.74, 6) is -0.351. The average molecular weight is 466 g/mol. The lowest BCUT2D eigenvalue weighted by molar-refractivity contribution is -0.329. The smallest absolute Gasteiger partial charge is 0.465 e. The highest BCUT2D eigenvalue weighted by Crippen LogP contribution is 2.36. The third kappa shape index (κ3) is 4.08. The standard InChI is InChI=1S/C28H26BFN3O2/c1-19-18-24(33-27(19)25(15-16-31)26-4-3-17-32(26)29(33)30)14-7-20-5-8-21(9-6-20)22-10-12-23(13-11-22)28(34)35-2/h3-14,17-18H,15-16,31H2,1-2H3/q+1. The van der Waals surface area contributed by atoms with Crippen LogP contribution in [0.1, 0.15) is 39.3 Å². The van der Waals surface area contributed by atoms with Crippen LogP contribution in [0.5, 0.6) is 0 Å². The van der Waals surface area contributed by atoms with Crippen molar-refractivity contribution < 1.29 is 18.3 Å². The largest absolute Gasteiger partial charge is 0.846 e. The molecular formula is C28H26BFN3O2+. The Labute approximate surface area is 204 Å². The summed E-state index contributed by atoms with van der Waals surface area (Å²) in [5, 5.41) is 0. The van der Waals surface area contributed by atoms with Crippen LogP contribution in [0, 0.1) is 6.92 Å². The molecule has 5 rings (SSSR count). The maximum atomic E-state index is 15.6. The van der Waals surface area contributed by atoms with Crippen molar-refractivity contribution in [2.75, 3.05) is 13.7 Å². The maximum Gasteiger partial charge on any atom is 0.846 e. The molecule has 2 N–H and O–H groups in total. The summed E-state index contributed by atoms with van der Waals surface area (Å²) in [7, 11) is 0.0660. The number of nitrogens with zero attached hydrogens (tertiary/aromatic N) is 2. The van der Waals surface area contributed by atoms with Crippen molar-refractivity contribution in [1.82, 2.24) is 4.48 Å². The summed E-state index contributed by atoms with van der Waals surface area (Å²) in [6.45, 7) is 2.52. The number of carbonyl (C=O) groups is 1. The first-order chi connectivity index (χ1) is 17.0. The summed E-state index contributed by atoms with van der Waals surface area (Å²) < 4.78 is 23.7. The van der Waals surface area contributed by atoms with E-state index in [0.29, 0.717) is 18.5 Å². The fourth-order valence-corrected chi connectivity index (χ4v) is 4.78. The van der Waals surface area contributed by atoms with Crippen molar-refractivity contribution in [3.05, 3.63) is 101 Å². The summed E-state index contributed by atoms with van der Waals surface area (Å²) in [5.41, 5.74) is 14.2. The Kier molecular flexibility index (Phi) is 6.09. The van der Waals surface area contributed by atoms with Gasteiger partial charge in [-0.3, -0.25) is 4.48 Å². The Morgan fingerprint density at radius 3 is 2.46 bits per heavy atom. The van der Waals surface area contributed by atoms with E-state index in [9.17, 15) is 4.79 Å². The van der Waals surface area contributed by atoms with E-state index >= 15 is 4.32 Å². The SMILES string of the molecule is COC(=O)c1ccc(-c2ccc(C=Cc3cc(C)c4n3B(F)[N+]3=CC=CC3=C4CCN)cc2)cc1. The second-order valence-corrected chi connectivity index (χ2v) is 8.62. The van der Waals surface area contributed by atoms with Gasteiger partial charge >= 0.3 is 13.2 Å². The Bertz CT molecular complexity index is 1410. The van der Waals surface area contributed by atoms with Gasteiger partial charge in [-0.2, -0.15) is 0 Å². The Morgan fingerprint density at radius 2 is 1.80 bits per heavy atom. The fraction of sp³-hybridized carbons (Fsp3) is 0.143. The van der Waals surface area contributed by atoms with E-state index in [1.165, 1.54) is 7.11 Å². The number of rotatable bonds is 6. The molecular weight excluding hydrogens is 440 g/mol. The lowest BCUT2D eigenvalue weighted by atomic mass is 9.91. The molecule has 0 amide bonds. The van der Waals surface area contributed by atoms with Gasteiger partial charge in [0.1, 0.15) is 6.21 Å². The fourth-order valence-electron chi connectivity index (χ4n) is 4.78. The first-order valence-electron chi connectivity index (χ1n) is 11.6. The minimum absolute atomic E-state index is 0.351. The third-order valence-corrected chi connectivity index (χ3v) is 6.46. The number of allylic oxidation sites excluding steroid dienone is 2. The predicted octanol–water partition coefficient (Wildman–Crippen LogP) is 4.95. The number of aryl methyl sites for hydroxylation is 1. The molecule has 2 aliphatic heterocycles. The molecule has 2 aliphatic rings. The monoisotopic (exact) mass is 466 g/mol. The van der Waals surface area contributed by atoms with Gasteiger partial charge in [0.15, 0.2) is 5.70 Å². The van der Waals surface area contributed by atoms with Gasteiger partial charge in [-0.1, -0.05) is 42.5 Å². The molecule has 0 bridgehead atoms. The highest BCUT2D eigenvalue weighted by atomic mass is 19.1. The van der Waals surface area contributed by atoms with Gasteiger partial charge in [0.25, 0.3) is 0 Å². The molecule has 174 valence electrons. The molecule has 1 aromatic heterocycles. The molecule has 0 saturated heterocycles. The van der Waals surface area contributed by atoms with Crippen LogP contribution in [0.15, 0.2) is 72.4 Å². The molecule has 35 heavy (non-hydrogen) atoms. The number of halogens is 1. The molecule has 0 atom stereocenters. The van der Waals surface area contributed by atoms with Crippen molar-refractivity contribution >= 4 is 37.2 Å². The van der Waals surface area contributed by atoms with Crippen LogP contribution in [0.4, 0.5) is 4.32 Å². The van der Waals surface area contributed by atoms with Crippen LogP contribution in [0.2, 0.25) is 0 Å². The van der Waals surface area contributed by atoms with Gasteiger partial charge < -0.3 is 10.5 Å². The van der Waals surface area contributed by atoms with Crippen molar-refractivity contribution in [2.24, 2.45) is 5.73 Å². The number of nitrogens with two attached hydrogens (primary N) is 1. The highest BCUT2D eigenvalue weighted by Gasteiger charge is 2.48. The number of hydrogen-bond donors (Lipinski definition) is 1. The average Bonchev–Trinajstić information content (AvgIpc) is 3.51. The maximum absolute atomic E-state index is 15.6. The second-order valence-electron chi connectivity index (χ2n) is 8.62. The molecule has 2 aromatic carbocycles. The van der Waals surface area contributed by atoms with Gasteiger partial charge in [0.05, 0.1) is 18.4 Å². The molecule has 0 unspecified atom stereocenters. The molecule has 0 spiro atoms. The van der Waals surface area contributed by atoms with Crippen molar-refractivity contribution in [3.8, 4) is 11.1 Å². The lowest BCUT2D eigenvalue weighted by Crippen LogP contribution is -2.39. The van der Waals surface area contributed by atoms with Crippen molar-refractivity contribution in [1.29, 1.82) is 0 Å². The summed E-state index contributed by atoms with van der Waals surface area (Å²) in [4.78, 5) is 11.6. The summed E-state index contributed by atoms with van der Waals surface area (Å²) in [6, 6.07) is 17.5. The minimum Gasteiger partial charge on any atom is -0.465 e. The van der Waals surface area contributed by atoms with Crippen LogP contribution in [0.3, 0.4) is 0 Å². The number of benzene rings is 2. The van der Waals surface area contributed by atoms with Gasteiger partial charge in [0.2, 0.25) is 0 Å². The highest BCUT2D eigenvalue weighted by molar-refractivity contribution is 6.43. The number of aromatic nitrogens is 1. The van der Waals surface area contributed by atoms with Gasteiger partial charge in [-0.05, 0) is 66.4 Å². The molecule has 0 saturated carbocycles. The zero-order chi connectivity index (χ0) is 24.5. The Hall–Kier alpha value is -3.97. The van der Waals surface area contributed by atoms with Gasteiger partial charge in [-0.15, -0.1) is 0 Å². The number of ether oxygens (including phenoxy) is 1. The van der Waals surface area contributed by atoms with Crippen LogP contribution in [-0.4, -0.2) is 42.1 Å². The topological polar surface area (TPSA) is 60.3 Å². The molecule has 7 heteroatoms. The minimum atomic E-state index is -1.31. The number of carbonyl (C=O) groups excluding carboxylic acids is 1. The summed E-state index contributed by atoms with van der Waals surface area (Å²) in [6.07, 6.45) is 10.2. The molecule has 0 radical (unpaired) electrons. The van der Waals surface area contributed by atoms with Crippen LogP contribution < -0.4 is 5.73 Å². The van der Waals surface area contributed by atoms with E-state index in [0.717, 1.165) is 44.9 Å². The molecule has 5 nitrogen and oxygen atoms in total. The van der Waals surface area contributed by atoms with E-state index in [4.69, 9.17) is 10.5 Å². The first-order valence-corrected chi connectivity index (χ1v) is 11.6. The number of fused-ring (bicyclic) bond motifs is 2. The predicted molar refractivity (Wildman–Crippen MR) is 140 cm³/mol. The zero-order valence-corrected chi connectivity index (χ0v) is 19.7. The number of hydrogen-bond acceptors (Lipinski definition) is 3. The molecule has 0 aliphatic carbocycles. The van der Waals surface area contributed by atoms with E-state index in [-0.39, 0.29) is 5.97 Å². The van der Waals surface area contributed by atoms with Crippen molar-refractivity contribution in [3.63, 3.8) is 0 Å². The van der Waals surface area contributed by atoms with Gasteiger partial charge in [0, 0.05) is 23.4 Å². The molecule has 3 heterocycles. The quantitative estimate of drug-likeness (QED) is 0.413. The lowest BCUT2D eigenvalue weighted by Gasteiger charge is -2.19. The van der Waals surface area contributed by atoms with E-state index in [1.54, 1.807) is 27.3 Å². The van der Waals surface area contributed by atoms with E-state index < -0.39 is 7.26 Å².